The van der Waals surface area contributed by atoms with Crippen LogP contribution in [0.25, 0.3) is 5.69 Å². The highest BCUT2D eigenvalue weighted by molar-refractivity contribution is 7.92. The Hall–Kier alpha value is -4.02. The molecule has 38 heavy (non-hydrogen) atoms. The van der Waals surface area contributed by atoms with Gasteiger partial charge in [-0.25, -0.2) is 13.1 Å². The van der Waals surface area contributed by atoms with Crippen molar-refractivity contribution in [3.63, 3.8) is 0 Å². The van der Waals surface area contributed by atoms with Crippen LogP contribution in [0.5, 0.6) is 5.75 Å². The van der Waals surface area contributed by atoms with E-state index in [9.17, 15) is 18.0 Å². The number of hydrogen-bond donors (Lipinski definition) is 1. The predicted molar refractivity (Wildman–Crippen MR) is 148 cm³/mol. The lowest BCUT2D eigenvalue weighted by molar-refractivity contribution is -0.114. The first-order valence-corrected chi connectivity index (χ1v) is 13.4. The Morgan fingerprint density at radius 2 is 1.68 bits per heavy atom. The van der Waals surface area contributed by atoms with Gasteiger partial charge < -0.3 is 10.1 Å². The van der Waals surface area contributed by atoms with Gasteiger partial charge in [-0.15, -0.1) is 0 Å². The summed E-state index contributed by atoms with van der Waals surface area (Å²) < 4.78 is 36.5. The number of benzene rings is 3. The summed E-state index contributed by atoms with van der Waals surface area (Å²) in [5, 5.41) is 2.80. The molecule has 0 aliphatic rings. The van der Waals surface area contributed by atoms with Crippen molar-refractivity contribution in [3.8, 4) is 11.4 Å². The maximum absolute atomic E-state index is 13.7. The summed E-state index contributed by atoms with van der Waals surface area (Å²) in [6, 6.07) is 19.7. The number of aryl methyl sites for hydroxylation is 1. The van der Waals surface area contributed by atoms with Crippen molar-refractivity contribution >= 4 is 38.9 Å². The van der Waals surface area contributed by atoms with E-state index in [4.69, 9.17) is 16.3 Å². The highest BCUT2D eigenvalue weighted by Crippen LogP contribution is 2.32. The molecule has 1 heterocycles. The molecule has 0 saturated heterocycles. The second kappa shape index (κ2) is 10.8. The molecule has 4 aromatic rings. The number of hydrogen-bond acceptors (Lipinski definition) is 5. The van der Waals surface area contributed by atoms with Crippen molar-refractivity contribution < 1.29 is 17.9 Å². The standard InChI is InChI=1S/C27H27ClN4O5S/c1-18-10-13-22(14-11-18)38(35,36)31(21-12-15-24(37-4)23(28)16-21)17-25(33)29-26-19(2)30(3)32(27(26)34)20-8-6-5-7-9-20/h5-16H,17H2,1-4H3,(H,29,33). The van der Waals surface area contributed by atoms with Crippen LogP contribution in [0, 0.1) is 13.8 Å². The second-order valence-corrected chi connectivity index (χ2v) is 10.9. The van der Waals surface area contributed by atoms with E-state index in [1.54, 1.807) is 55.1 Å². The molecule has 1 amide bonds. The molecule has 0 unspecified atom stereocenters. The average molecular weight is 555 g/mol. The summed E-state index contributed by atoms with van der Waals surface area (Å²) in [5.74, 6) is -0.340. The normalized spacial score (nSPS) is 11.3. The van der Waals surface area contributed by atoms with Crippen LogP contribution in [0.3, 0.4) is 0 Å². The van der Waals surface area contributed by atoms with Crippen LogP contribution in [0.4, 0.5) is 11.4 Å². The molecule has 0 aliphatic carbocycles. The predicted octanol–water partition coefficient (Wildman–Crippen LogP) is 4.29. The lowest BCUT2D eigenvalue weighted by Crippen LogP contribution is -2.38. The SMILES string of the molecule is COc1ccc(N(CC(=O)Nc2c(C)n(C)n(-c3ccccc3)c2=O)S(=O)(=O)c2ccc(C)cc2)cc1Cl. The van der Waals surface area contributed by atoms with Crippen molar-refractivity contribution in [2.24, 2.45) is 7.05 Å². The number of aromatic nitrogens is 2. The summed E-state index contributed by atoms with van der Waals surface area (Å²) in [5.41, 5.74) is 1.80. The van der Waals surface area contributed by atoms with Gasteiger partial charge in [0.25, 0.3) is 15.6 Å². The summed E-state index contributed by atoms with van der Waals surface area (Å²) >= 11 is 6.28. The van der Waals surface area contributed by atoms with Gasteiger partial charge in [0, 0.05) is 7.05 Å². The molecule has 1 aromatic heterocycles. The number of sulfonamides is 1. The molecule has 198 valence electrons. The molecular weight excluding hydrogens is 528 g/mol. The summed E-state index contributed by atoms with van der Waals surface area (Å²) in [6.45, 7) is 2.94. The Morgan fingerprint density at radius 1 is 1.03 bits per heavy atom. The number of ether oxygens (including phenoxy) is 1. The Morgan fingerprint density at radius 3 is 2.29 bits per heavy atom. The van der Waals surface area contributed by atoms with Crippen molar-refractivity contribution in [2.75, 3.05) is 23.3 Å². The van der Waals surface area contributed by atoms with E-state index in [1.165, 1.54) is 42.1 Å². The van der Waals surface area contributed by atoms with Gasteiger partial charge in [-0.3, -0.25) is 18.6 Å². The van der Waals surface area contributed by atoms with Gasteiger partial charge in [0.1, 0.15) is 18.0 Å². The average Bonchev–Trinajstić information content (AvgIpc) is 3.10. The summed E-state index contributed by atoms with van der Waals surface area (Å²) in [7, 11) is -1.03. The zero-order valence-electron chi connectivity index (χ0n) is 21.3. The minimum atomic E-state index is -4.18. The van der Waals surface area contributed by atoms with Gasteiger partial charge in [0.2, 0.25) is 5.91 Å². The number of nitrogens with one attached hydrogen (secondary N) is 1. The summed E-state index contributed by atoms with van der Waals surface area (Å²) in [4.78, 5) is 26.5. The fourth-order valence-corrected chi connectivity index (χ4v) is 5.65. The molecule has 9 nitrogen and oxygen atoms in total. The van der Waals surface area contributed by atoms with Crippen LogP contribution in [-0.4, -0.2) is 37.3 Å². The number of methoxy groups -OCH3 is 1. The number of para-hydroxylation sites is 1. The van der Waals surface area contributed by atoms with E-state index >= 15 is 0 Å². The van der Waals surface area contributed by atoms with Crippen LogP contribution in [0.2, 0.25) is 5.02 Å². The maximum Gasteiger partial charge on any atom is 0.295 e. The van der Waals surface area contributed by atoms with Gasteiger partial charge in [-0.2, -0.15) is 0 Å². The quantitative estimate of drug-likeness (QED) is 0.350. The molecule has 1 N–H and O–H groups in total. The van der Waals surface area contributed by atoms with Crippen molar-refractivity contribution in [1.29, 1.82) is 0 Å². The van der Waals surface area contributed by atoms with Gasteiger partial charge in [0.15, 0.2) is 0 Å². The maximum atomic E-state index is 13.7. The second-order valence-electron chi connectivity index (χ2n) is 8.63. The Kier molecular flexibility index (Phi) is 7.66. The number of nitrogens with zero attached hydrogens (tertiary/aromatic N) is 3. The minimum absolute atomic E-state index is 0.00478. The number of amides is 1. The highest BCUT2D eigenvalue weighted by atomic mass is 35.5. The zero-order valence-corrected chi connectivity index (χ0v) is 22.9. The number of anilines is 2. The third-order valence-corrected chi connectivity index (χ3v) is 8.22. The molecule has 0 bridgehead atoms. The minimum Gasteiger partial charge on any atom is -0.495 e. The van der Waals surface area contributed by atoms with Gasteiger partial charge in [-0.1, -0.05) is 47.5 Å². The van der Waals surface area contributed by atoms with Crippen LogP contribution in [0.15, 0.2) is 82.5 Å². The first-order chi connectivity index (χ1) is 18.0. The number of halogens is 1. The van der Waals surface area contributed by atoms with E-state index in [1.807, 2.05) is 13.0 Å². The lowest BCUT2D eigenvalue weighted by atomic mass is 10.2. The third-order valence-electron chi connectivity index (χ3n) is 6.14. The van der Waals surface area contributed by atoms with Crippen molar-refractivity contribution in [2.45, 2.75) is 18.7 Å². The molecule has 0 aliphatic heterocycles. The number of carbonyl (C=O) groups is 1. The van der Waals surface area contributed by atoms with E-state index in [-0.39, 0.29) is 21.3 Å². The molecule has 0 spiro atoms. The number of carbonyl (C=O) groups excluding carboxylic acids is 1. The van der Waals surface area contributed by atoms with Crippen LogP contribution < -0.4 is 19.9 Å². The topological polar surface area (TPSA) is 103 Å². The molecular formula is C27H27ClN4O5S. The third kappa shape index (κ3) is 5.18. The molecule has 0 atom stereocenters. The van der Waals surface area contributed by atoms with E-state index < -0.39 is 28.0 Å². The first-order valence-electron chi connectivity index (χ1n) is 11.6. The fraction of sp³-hybridized carbons (Fsp3) is 0.185. The largest absolute Gasteiger partial charge is 0.495 e. The van der Waals surface area contributed by atoms with Gasteiger partial charge in [0.05, 0.1) is 34.1 Å². The molecule has 0 radical (unpaired) electrons. The van der Waals surface area contributed by atoms with Gasteiger partial charge >= 0.3 is 0 Å². The zero-order chi connectivity index (χ0) is 27.6. The fourth-order valence-electron chi connectivity index (χ4n) is 3.98. The first kappa shape index (κ1) is 27.0. The molecule has 0 fully saturated rings. The Labute approximate surface area is 225 Å². The smallest absolute Gasteiger partial charge is 0.295 e. The molecule has 4 rings (SSSR count). The van der Waals surface area contributed by atoms with E-state index in [2.05, 4.69) is 5.32 Å². The van der Waals surface area contributed by atoms with Crippen molar-refractivity contribution in [1.82, 2.24) is 9.36 Å². The van der Waals surface area contributed by atoms with Crippen molar-refractivity contribution in [3.05, 3.63) is 99.4 Å². The Bertz CT molecular complexity index is 1650. The van der Waals surface area contributed by atoms with Gasteiger partial charge in [-0.05, 0) is 56.3 Å². The molecule has 11 heteroatoms. The van der Waals surface area contributed by atoms with E-state index in [0.717, 1.165) is 9.87 Å². The number of rotatable bonds is 8. The van der Waals surface area contributed by atoms with Crippen LogP contribution in [-0.2, 0) is 21.9 Å². The lowest BCUT2D eigenvalue weighted by Gasteiger charge is -2.24. The van der Waals surface area contributed by atoms with Crippen LogP contribution >= 0.6 is 11.6 Å². The van der Waals surface area contributed by atoms with E-state index in [0.29, 0.717) is 17.1 Å². The highest BCUT2D eigenvalue weighted by Gasteiger charge is 2.29. The Balaban J connectivity index is 1.72. The van der Waals surface area contributed by atoms with Crippen LogP contribution in [0.1, 0.15) is 11.3 Å². The molecule has 3 aromatic carbocycles. The monoisotopic (exact) mass is 554 g/mol. The molecule has 0 saturated carbocycles. The summed E-state index contributed by atoms with van der Waals surface area (Å²) in [6.07, 6.45) is 0.